The summed E-state index contributed by atoms with van der Waals surface area (Å²) in [6.07, 6.45) is 19.0. The molecule has 1 aromatic carbocycles. The van der Waals surface area contributed by atoms with Crippen LogP contribution in [0.5, 0.6) is 0 Å². The van der Waals surface area contributed by atoms with Crippen LogP contribution in [0.2, 0.25) is 6.04 Å². The monoisotopic (exact) mass is 392 g/mol. The van der Waals surface area contributed by atoms with Crippen LogP contribution in [0.4, 0.5) is 0 Å². The van der Waals surface area contributed by atoms with Crippen LogP contribution in [0, 0.1) is 0 Å². The van der Waals surface area contributed by atoms with Gasteiger partial charge in [0, 0.05) is 27.4 Å². The molecular weight excluding hydrogens is 352 g/mol. The number of hydrogen-bond donors (Lipinski definition) is 0. The second-order valence-corrected chi connectivity index (χ2v) is 10.3. The van der Waals surface area contributed by atoms with E-state index in [0.717, 1.165) is 12.5 Å². The molecule has 0 aliphatic carbocycles. The van der Waals surface area contributed by atoms with Crippen LogP contribution >= 0.6 is 0 Å². The minimum absolute atomic E-state index is 0.926. The molecule has 27 heavy (non-hydrogen) atoms. The maximum absolute atomic E-state index is 5.46. The molecule has 0 aromatic heterocycles. The van der Waals surface area contributed by atoms with Gasteiger partial charge in [-0.2, -0.15) is 0 Å². The van der Waals surface area contributed by atoms with Gasteiger partial charge in [0.05, 0.1) is 0 Å². The van der Waals surface area contributed by atoms with Gasteiger partial charge in [0.2, 0.25) is 0 Å². The second kappa shape index (κ2) is 16.1. The molecule has 0 fully saturated rings. The van der Waals surface area contributed by atoms with Gasteiger partial charge in [-0.25, -0.2) is 0 Å². The fraction of sp³-hybridized carbons (Fsp3) is 0.652. The predicted octanol–water partition coefficient (Wildman–Crippen LogP) is 6.87. The molecule has 0 bridgehead atoms. The Morgan fingerprint density at radius 3 is 1.67 bits per heavy atom. The number of hydrogen-bond acceptors (Lipinski definition) is 3. The first-order valence-corrected chi connectivity index (χ1v) is 12.6. The van der Waals surface area contributed by atoms with Crippen molar-refractivity contribution in [1.29, 1.82) is 0 Å². The average molecular weight is 393 g/mol. The highest BCUT2D eigenvalue weighted by Gasteiger charge is 2.36. The molecule has 0 saturated heterocycles. The minimum atomic E-state index is -2.34. The zero-order valence-electron chi connectivity index (χ0n) is 17.8. The van der Waals surface area contributed by atoms with Crippen molar-refractivity contribution in [3.05, 3.63) is 42.0 Å². The maximum atomic E-state index is 5.46. The van der Waals surface area contributed by atoms with Gasteiger partial charge in [-0.1, -0.05) is 93.9 Å². The van der Waals surface area contributed by atoms with E-state index >= 15 is 0 Å². The van der Waals surface area contributed by atoms with Crippen molar-refractivity contribution < 1.29 is 13.3 Å². The first-order chi connectivity index (χ1) is 13.3. The lowest BCUT2D eigenvalue weighted by molar-refractivity contribution is 0.122. The molecule has 0 heterocycles. The molecule has 0 aliphatic rings. The normalized spacial score (nSPS) is 12.1. The Morgan fingerprint density at radius 1 is 0.667 bits per heavy atom. The molecule has 0 atom stereocenters. The Morgan fingerprint density at radius 2 is 1.15 bits per heavy atom. The Labute approximate surface area is 168 Å². The zero-order chi connectivity index (χ0) is 19.6. The highest BCUT2D eigenvalue weighted by Crippen LogP contribution is 2.18. The Kier molecular flexibility index (Phi) is 14.3. The first kappa shape index (κ1) is 24.1. The fourth-order valence-electron chi connectivity index (χ4n) is 3.36. The highest BCUT2D eigenvalue weighted by atomic mass is 28.4. The van der Waals surface area contributed by atoms with Gasteiger partial charge >= 0.3 is 8.80 Å². The fourth-order valence-corrected chi connectivity index (χ4v) is 5.15. The number of unbranched alkanes of at least 4 members (excludes halogenated alkanes) is 10. The summed E-state index contributed by atoms with van der Waals surface area (Å²) < 4.78 is 16.4. The molecular formula is C23H40O3Si. The summed E-state index contributed by atoms with van der Waals surface area (Å²) in [6.45, 7) is 0. The maximum Gasteiger partial charge on any atom is 0.500 e. The SMILES string of the molecule is CO[Si](CCCCCCCCCCCC/C=C/c1ccccc1)(OC)OC. The van der Waals surface area contributed by atoms with Crippen molar-refractivity contribution in [1.82, 2.24) is 0 Å². The molecule has 1 rings (SSSR count). The second-order valence-electron chi connectivity index (χ2n) is 7.18. The number of rotatable bonds is 17. The molecule has 0 N–H and O–H groups in total. The van der Waals surface area contributed by atoms with Gasteiger partial charge in [0.25, 0.3) is 0 Å². The van der Waals surface area contributed by atoms with Crippen molar-refractivity contribution in [3.8, 4) is 0 Å². The molecule has 4 heteroatoms. The molecule has 0 saturated carbocycles. The van der Waals surface area contributed by atoms with Gasteiger partial charge in [-0.3, -0.25) is 0 Å². The first-order valence-electron chi connectivity index (χ1n) is 10.6. The van der Waals surface area contributed by atoms with E-state index in [2.05, 4.69) is 42.5 Å². The molecule has 0 radical (unpaired) electrons. The molecule has 0 spiro atoms. The lowest BCUT2D eigenvalue weighted by Gasteiger charge is -2.24. The van der Waals surface area contributed by atoms with Crippen LogP contribution in [0.1, 0.15) is 76.2 Å². The largest absolute Gasteiger partial charge is 0.500 e. The van der Waals surface area contributed by atoms with Gasteiger partial charge in [-0.15, -0.1) is 0 Å². The predicted molar refractivity (Wildman–Crippen MR) is 118 cm³/mol. The summed E-state index contributed by atoms with van der Waals surface area (Å²) in [5, 5.41) is 0. The standard InChI is InChI=1S/C23H40O3Si/c1-24-27(25-2,26-3)22-18-13-11-9-7-5-4-6-8-10-12-15-19-23-20-16-14-17-21-23/h14-17,19-21H,4-13,18,22H2,1-3H3/b19-15+. The van der Waals surface area contributed by atoms with Crippen molar-refractivity contribution in [2.75, 3.05) is 21.3 Å². The highest BCUT2D eigenvalue weighted by molar-refractivity contribution is 6.60. The summed E-state index contributed by atoms with van der Waals surface area (Å²) in [5.74, 6) is 0. The summed E-state index contributed by atoms with van der Waals surface area (Å²) in [7, 11) is 2.74. The summed E-state index contributed by atoms with van der Waals surface area (Å²) >= 11 is 0. The lowest BCUT2D eigenvalue weighted by atomic mass is 10.1. The quantitative estimate of drug-likeness (QED) is 0.214. The van der Waals surface area contributed by atoms with E-state index in [4.69, 9.17) is 13.3 Å². The Bertz CT molecular complexity index is 464. The van der Waals surface area contributed by atoms with Crippen LogP contribution < -0.4 is 0 Å². The van der Waals surface area contributed by atoms with Gasteiger partial charge in [0.1, 0.15) is 0 Å². The van der Waals surface area contributed by atoms with Crippen molar-refractivity contribution in [2.45, 2.75) is 76.7 Å². The van der Waals surface area contributed by atoms with E-state index < -0.39 is 8.80 Å². The van der Waals surface area contributed by atoms with E-state index in [0.29, 0.717) is 0 Å². The van der Waals surface area contributed by atoms with Gasteiger partial charge < -0.3 is 13.3 Å². The zero-order valence-corrected chi connectivity index (χ0v) is 18.8. The third kappa shape index (κ3) is 11.5. The number of allylic oxidation sites excluding steroid dienone is 1. The van der Waals surface area contributed by atoms with Crippen molar-refractivity contribution in [3.63, 3.8) is 0 Å². The lowest BCUT2D eigenvalue weighted by Crippen LogP contribution is -2.42. The molecule has 0 unspecified atom stereocenters. The molecule has 1 aromatic rings. The molecule has 0 aliphatic heterocycles. The molecule has 154 valence electrons. The van der Waals surface area contributed by atoms with Crippen molar-refractivity contribution >= 4 is 14.9 Å². The van der Waals surface area contributed by atoms with Crippen molar-refractivity contribution in [2.24, 2.45) is 0 Å². The number of benzene rings is 1. The van der Waals surface area contributed by atoms with E-state index in [1.807, 2.05) is 0 Å². The van der Waals surface area contributed by atoms with Crippen LogP contribution in [0.25, 0.3) is 6.08 Å². The van der Waals surface area contributed by atoms with Crippen LogP contribution in [0.15, 0.2) is 36.4 Å². The smallest absolute Gasteiger partial charge is 0.377 e. The summed E-state index contributed by atoms with van der Waals surface area (Å²) in [6, 6.07) is 11.5. The third-order valence-electron chi connectivity index (χ3n) is 5.15. The molecule has 0 amide bonds. The summed E-state index contributed by atoms with van der Waals surface area (Å²) in [4.78, 5) is 0. The van der Waals surface area contributed by atoms with Crippen LogP contribution in [-0.4, -0.2) is 30.1 Å². The topological polar surface area (TPSA) is 27.7 Å². The Balaban J connectivity index is 1.86. The third-order valence-corrected chi connectivity index (χ3v) is 7.98. The minimum Gasteiger partial charge on any atom is -0.377 e. The van der Waals surface area contributed by atoms with Crippen LogP contribution in [-0.2, 0) is 13.3 Å². The van der Waals surface area contributed by atoms with Gasteiger partial charge in [-0.05, 0) is 24.8 Å². The van der Waals surface area contributed by atoms with E-state index in [-0.39, 0.29) is 0 Å². The van der Waals surface area contributed by atoms with E-state index in [1.54, 1.807) is 21.3 Å². The van der Waals surface area contributed by atoms with E-state index in [1.165, 1.54) is 69.8 Å². The Hall–Kier alpha value is -0.943. The average Bonchev–Trinajstić information content (AvgIpc) is 2.72. The van der Waals surface area contributed by atoms with Crippen LogP contribution in [0.3, 0.4) is 0 Å². The molecule has 3 nitrogen and oxygen atoms in total. The van der Waals surface area contributed by atoms with E-state index in [9.17, 15) is 0 Å². The summed E-state index contributed by atoms with van der Waals surface area (Å²) in [5.41, 5.74) is 1.30. The van der Waals surface area contributed by atoms with Gasteiger partial charge in [0.15, 0.2) is 0 Å².